The van der Waals surface area contributed by atoms with Crippen LogP contribution in [0.1, 0.15) is 31.4 Å². The van der Waals surface area contributed by atoms with Crippen molar-refractivity contribution in [2.24, 2.45) is 5.92 Å². The maximum atomic E-state index is 13.1. The Hall–Kier alpha value is -1.79. The van der Waals surface area contributed by atoms with Gasteiger partial charge in [-0.15, -0.1) is 11.3 Å². The van der Waals surface area contributed by atoms with Crippen LogP contribution in [0.25, 0.3) is 10.6 Å². The second-order valence-corrected chi connectivity index (χ2v) is 8.09. The molecule has 1 aromatic heterocycles. The summed E-state index contributed by atoms with van der Waals surface area (Å²) < 4.78 is 13.1. The topological polar surface area (TPSA) is 36.4 Å². The Balaban J connectivity index is 1.30. The summed E-state index contributed by atoms with van der Waals surface area (Å²) in [6.07, 6.45) is 4.21. The van der Waals surface area contributed by atoms with Crippen molar-refractivity contribution in [1.82, 2.24) is 14.8 Å². The predicted molar refractivity (Wildman–Crippen MR) is 101 cm³/mol. The number of hydrogen-bond donors (Lipinski definition) is 0. The van der Waals surface area contributed by atoms with Gasteiger partial charge in [-0.3, -0.25) is 9.69 Å². The molecule has 4 rings (SSSR count). The molecule has 1 amide bonds. The predicted octanol–water partition coefficient (Wildman–Crippen LogP) is 3.78. The normalized spacial score (nSPS) is 19.2. The molecule has 0 aliphatic carbocycles. The Bertz CT molecular complexity index is 747. The lowest BCUT2D eigenvalue weighted by Gasteiger charge is -2.32. The van der Waals surface area contributed by atoms with Crippen molar-refractivity contribution in [2.45, 2.75) is 32.2 Å². The lowest BCUT2D eigenvalue weighted by molar-refractivity contribution is -0.136. The number of aromatic nitrogens is 1. The first-order chi connectivity index (χ1) is 12.7. The van der Waals surface area contributed by atoms with E-state index in [1.807, 2.05) is 0 Å². The number of thiazole rings is 1. The van der Waals surface area contributed by atoms with Crippen LogP contribution in [-0.4, -0.2) is 46.9 Å². The number of hydrogen-bond acceptors (Lipinski definition) is 4. The molecule has 0 radical (unpaired) electrons. The molecule has 0 atom stereocenters. The van der Waals surface area contributed by atoms with Gasteiger partial charge in [0.15, 0.2) is 0 Å². The minimum Gasteiger partial charge on any atom is -0.342 e. The Kier molecular flexibility index (Phi) is 5.31. The molecule has 2 aliphatic heterocycles. The highest BCUT2D eigenvalue weighted by Crippen LogP contribution is 2.26. The third-order valence-electron chi connectivity index (χ3n) is 5.38. The Morgan fingerprint density at radius 2 is 1.81 bits per heavy atom. The summed E-state index contributed by atoms with van der Waals surface area (Å²) in [7, 11) is 0. The van der Waals surface area contributed by atoms with Crippen LogP contribution in [0.3, 0.4) is 0 Å². The van der Waals surface area contributed by atoms with Crippen molar-refractivity contribution >= 4 is 17.2 Å². The second kappa shape index (κ2) is 7.84. The van der Waals surface area contributed by atoms with Crippen LogP contribution >= 0.6 is 11.3 Å². The molecular formula is C20H24FN3OS. The largest absolute Gasteiger partial charge is 0.342 e. The molecular weight excluding hydrogens is 349 g/mol. The maximum Gasteiger partial charge on any atom is 0.225 e. The highest BCUT2D eigenvalue weighted by atomic mass is 32.1. The van der Waals surface area contributed by atoms with Crippen LogP contribution in [0.5, 0.6) is 0 Å². The van der Waals surface area contributed by atoms with Gasteiger partial charge in [0.25, 0.3) is 0 Å². The first-order valence-electron chi connectivity index (χ1n) is 9.40. The van der Waals surface area contributed by atoms with E-state index in [1.54, 1.807) is 23.5 Å². The lowest BCUT2D eigenvalue weighted by atomic mass is 9.95. The number of amides is 1. The van der Waals surface area contributed by atoms with E-state index in [4.69, 9.17) is 4.98 Å². The highest BCUT2D eigenvalue weighted by molar-refractivity contribution is 7.13. The zero-order valence-electron chi connectivity index (χ0n) is 14.9. The molecule has 2 aromatic rings. The Labute approximate surface area is 157 Å². The summed E-state index contributed by atoms with van der Waals surface area (Å²) in [4.78, 5) is 21.7. The highest BCUT2D eigenvalue weighted by Gasteiger charge is 2.29. The van der Waals surface area contributed by atoms with Crippen molar-refractivity contribution in [3.8, 4) is 10.6 Å². The van der Waals surface area contributed by atoms with Gasteiger partial charge in [0.05, 0.1) is 5.69 Å². The summed E-state index contributed by atoms with van der Waals surface area (Å²) in [5, 5.41) is 3.01. The Morgan fingerprint density at radius 3 is 2.50 bits per heavy atom. The molecule has 2 fully saturated rings. The third-order valence-corrected chi connectivity index (χ3v) is 6.32. The van der Waals surface area contributed by atoms with Crippen molar-refractivity contribution in [3.05, 3.63) is 41.2 Å². The molecule has 0 saturated carbocycles. The smallest absolute Gasteiger partial charge is 0.225 e. The standard InChI is InChI=1S/C20H24FN3OS/c21-17-5-3-15(4-6-17)19-22-18(14-26-19)13-23-11-7-16(8-12-23)20(25)24-9-1-2-10-24/h3-6,14,16H,1-2,7-13H2. The number of piperidine rings is 1. The molecule has 26 heavy (non-hydrogen) atoms. The van der Waals surface area contributed by atoms with Gasteiger partial charge in [0.1, 0.15) is 10.8 Å². The number of carbonyl (C=O) groups is 1. The number of nitrogens with zero attached hydrogens (tertiary/aromatic N) is 3. The van der Waals surface area contributed by atoms with Crippen molar-refractivity contribution < 1.29 is 9.18 Å². The van der Waals surface area contributed by atoms with Gasteiger partial charge >= 0.3 is 0 Å². The first kappa shape index (κ1) is 17.6. The number of rotatable bonds is 4. The maximum absolute atomic E-state index is 13.1. The van der Waals surface area contributed by atoms with Crippen molar-refractivity contribution in [1.29, 1.82) is 0 Å². The van der Waals surface area contributed by atoms with Crippen LogP contribution in [0, 0.1) is 11.7 Å². The van der Waals surface area contributed by atoms with Gasteiger partial charge in [-0.1, -0.05) is 0 Å². The second-order valence-electron chi connectivity index (χ2n) is 7.23. The van der Waals surface area contributed by atoms with E-state index in [9.17, 15) is 9.18 Å². The molecule has 138 valence electrons. The Morgan fingerprint density at radius 1 is 1.12 bits per heavy atom. The van der Waals surface area contributed by atoms with Gasteiger partial charge in [-0.05, 0) is 63.0 Å². The van der Waals surface area contributed by atoms with E-state index in [0.717, 1.165) is 74.7 Å². The van der Waals surface area contributed by atoms with Gasteiger partial charge in [0, 0.05) is 36.5 Å². The van der Waals surface area contributed by atoms with Crippen LogP contribution in [0.2, 0.25) is 0 Å². The molecule has 1 aromatic carbocycles. The fourth-order valence-corrected chi connectivity index (χ4v) is 4.68. The molecule has 6 heteroatoms. The molecule has 4 nitrogen and oxygen atoms in total. The number of benzene rings is 1. The van der Waals surface area contributed by atoms with Crippen molar-refractivity contribution in [3.63, 3.8) is 0 Å². The number of halogens is 1. The average Bonchev–Trinajstić information content (AvgIpc) is 3.35. The zero-order chi connectivity index (χ0) is 17.9. The molecule has 0 bridgehead atoms. The first-order valence-corrected chi connectivity index (χ1v) is 10.3. The molecule has 0 spiro atoms. The van der Waals surface area contributed by atoms with E-state index >= 15 is 0 Å². The van der Waals surface area contributed by atoms with Gasteiger partial charge in [0.2, 0.25) is 5.91 Å². The fourth-order valence-electron chi connectivity index (χ4n) is 3.87. The van der Waals surface area contributed by atoms with E-state index in [-0.39, 0.29) is 11.7 Å². The average molecular weight is 373 g/mol. The number of likely N-dealkylation sites (tertiary alicyclic amines) is 2. The monoisotopic (exact) mass is 373 g/mol. The SMILES string of the molecule is O=C(C1CCN(Cc2csc(-c3ccc(F)cc3)n2)CC1)N1CCCC1. The van der Waals surface area contributed by atoms with Crippen LogP contribution in [0.15, 0.2) is 29.6 Å². The third kappa shape index (κ3) is 3.96. The van der Waals surface area contributed by atoms with Crippen LogP contribution in [-0.2, 0) is 11.3 Å². The summed E-state index contributed by atoms with van der Waals surface area (Å²) in [5.41, 5.74) is 2.01. The van der Waals surface area contributed by atoms with Gasteiger partial charge < -0.3 is 4.90 Å². The summed E-state index contributed by atoms with van der Waals surface area (Å²) in [5.74, 6) is 0.348. The van der Waals surface area contributed by atoms with Crippen molar-refractivity contribution in [2.75, 3.05) is 26.2 Å². The van der Waals surface area contributed by atoms with Gasteiger partial charge in [-0.2, -0.15) is 0 Å². The molecule has 2 aliphatic rings. The van der Waals surface area contributed by atoms with Gasteiger partial charge in [-0.25, -0.2) is 9.37 Å². The van der Waals surface area contributed by atoms with Crippen LogP contribution in [0.4, 0.5) is 4.39 Å². The lowest BCUT2D eigenvalue weighted by Crippen LogP contribution is -2.41. The zero-order valence-corrected chi connectivity index (χ0v) is 15.7. The molecule has 3 heterocycles. The summed E-state index contributed by atoms with van der Waals surface area (Å²) >= 11 is 1.60. The van der Waals surface area contributed by atoms with E-state index in [2.05, 4.69) is 15.2 Å². The molecule has 0 N–H and O–H groups in total. The molecule has 0 unspecified atom stereocenters. The summed E-state index contributed by atoms with van der Waals surface area (Å²) in [6.45, 7) is 4.62. The van der Waals surface area contributed by atoms with Crippen LogP contribution < -0.4 is 0 Å². The van der Waals surface area contributed by atoms with E-state index < -0.39 is 0 Å². The number of carbonyl (C=O) groups excluding carboxylic acids is 1. The minimum absolute atomic E-state index is 0.203. The van der Waals surface area contributed by atoms with E-state index in [1.165, 1.54) is 12.1 Å². The molecule has 2 saturated heterocycles. The quantitative estimate of drug-likeness (QED) is 0.818. The minimum atomic E-state index is -0.225. The fraction of sp³-hybridized carbons (Fsp3) is 0.500. The van der Waals surface area contributed by atoms with E-state index in [0.29, 0.717) is 5.91 Å². The summed E-state index contributed by atoms with van der Waals surface area (Å²) in [6, 6.07) is 6.48.